The minimum atomic E-state index is 0. The van der Waals surface area contributed by atoms with Crippen molar-refractivity contribution in [3.63, 3.8) is 0 Å². The second kappa shape index (κ2) is 5.95. The van der Waals surface area contributed by atoms with Gasteiger partial charge in [-0.1, -0.05) is 13.8 Å². The molecule has 0 fully saturated rings. The highest BCUT2D eigenvalue weighted by molar-refractivity contribution is 4.58. The van der Waals surface area contributed by atoms with E-state index in [1.165, 1.54) is 0 Å². The molecule has 2 nitrogen and oxygen atoms in total. The lowest BCUT2D eigenvalue weighted by atomic mass is 10.0. The Labute approximate surface area is 86.9 Å². The Morgan fingerprint density at radius 3 is 1.67 bits per heavy atom. The molecular weight excluding hydrogens is 218 g/mol. The lowest BCUT2D eigenvalue weighted by molar-refractivity contribution is -0.897. The lowest BCUT2D eigenvalue weighted by Gasteiger charge is -2.33. The fourth-order valence-corrected chi connectivity index (χ4v) is 1.18. The largest absolute Gasteiger partial charge is 1.00 e. The topological polar surface area (TPSA) is 20.2 Å². The number of hydrogen-bond donors (Lipinski definition) is 1. The molecule has 0 saturated heterocycles. The molecule has 0 saturated carbocycles. The van der Waals surface area contributed by atoms with Crippen LogP contribution in [-0.2, 0) is 0 Å². The Balaban J connectivity index is 0. The van der Waals surface area contributed by atoms with Crippen molar-refractivity contribution in [2.75, 3.05) is 27.7 Å². The van der Waals surface area contributed by atoms with Crippen LogP contribution in [0.2, 0.25) is 0 Å². The van der Waals surface area contributed by atoms with Crippen LogP contribution in [0.25, 0.3) is 0 Å². The minimum Gasteiger partial charge on any atom is -1.00 e. The fourth-order valence-electron chi connectivity index (χ4n) is 1.18. The Kier molecular flexibility index (Phi) is 7.38. The van der Waals surface area contributed by atoms with Gasteiger partial charge in [0.15, 0.2) is 0 Å². The zero-order valence-corrected chi connectivity index (χ0v) is 10.4. The maximum absolute atomic E-state index is 9.09. The van der Waals surface area contributed by atoms with E-state index in [4.69, 9.17) is 5.11 Å². The molecule has 0 aromatic rings. The molecule has 76 valence electrons. The van der Waals surface area contributed by atoms with E-state index < -0.39 is 0 Å². The predicted octanol–water partition coefficient (Wildman–Crippen LogP) is -1.90. The van der Waals surface area contributed by atoms with E-state index in [0.717, 1.165) is 10.9 Å². The van der Waals surface area contributed by atoms with Crippen LogP contribution in [0.4, 0.5) is 0 Å². The van der Waals surface area contributed by atoms with Crippen molar-refractivity contribution >= 4 is 0 Å². The van der Waals surface area contributed by atoms with Crippen molar-refractivity contribution < 1.29 is 26.6 Å². The van der Waals surface area contributed by atoms with E-state index in [1.807, 2.05) is 0 Å². The Morgan fingerprint density at radius 1 is 1.17 bits per heavy atom. The molecule has 1 N–H and O–H groups in total. The van der Waals surface area contributed by atoms with Gasteiger partial charge in [0.1, 0.15) is 6.04 Å². The summed E-state index contributed by atoms with van der Waals surface area (Å²) in [5.74, 6) is 0.671. The number of rotatable bonds is 4. The molecule has 0 aromatic heterocycles. The van der Waals surface area contributed by atoms with Crippen molar-refractivity contribution in [1.29, 1.82) is 0 Å². The molecule has 0 aliphatic carbocycles. The molecule has 0 heterocycles. The van der Waals surface area contributed by atoms with Gasteiger partial charge in [-0.15, -0.1) is 0 Å². The van der Waals surface area contributed by atoms with Gasteiger partial charge < -0.3 is 26.6 Å². The quantitative estimate of drug-likeness (QED) is 0.569. The van der Waals surface area contributed by atoms with Crippen LogP contribution in [0.15, 0.2) is 0 Å². The zero-order valence-electron chi connectivity index (χ0n) is 8.84. The second-order valence-corrected chi connectivity index (χ2v) is 4.58. The van der Waals surface area contributed by atoms with Gasteiger partial charge in [0.2, 0.25) is 0 Å². The van der Waals surface area contributed by atoms with Gasteiger partial charge in [-0.2, -0.15) is 0 Å². The molecule has 0 aromatic carbocycles. The van der Waals surface area contributed by atoms with E-state index in [0.29, 0.717) is 18.6 Å². The van der Waals surface area contributed by atoms with E-state index in [9.17, 15) is 0 Å². The molecule has 12 heavy (non-hydrogen) atoms. The molecule has 0 bridgehead atoms. The first-order valence-corrected chi connectivity index (χ1v) is 4.30. The molecule has 0 aliphatic heterocycles. The van der Waals surface area contributed by atoms with Crippen LogP contribution in [0, 0.1) is 5.92 Å². The third kappa shape index (κ3) is 5.98. The van der Waals surface area contributed by atoms with Crippen LogP contribution in [0.5, 0.6) is 0 Å². The van der Waals surface area contributed by atoms with Crippen molar-refractivity contribution in [2.45, 2.75) is 26.3 Å². The molecule has 0 radical (unpaired) electrons. The van der Waals surface area contributed by atoms with Crippen LogP contribution in [0.1, 0.15) is 20.3 Å². The Morgan fingerprint density at radius 2 is 1.58 bits per heavy atom. The maximum Gasteiger partial charge on any atom is 0.112 e. The maximum atomic E-state index is 9.09. The van der Waals surface area contributed by atoms with E-state index in [-0.39, 0.29) is 17.0 Å². The van der Waals surface area contributed by atoms with E-state index in [1.54, 1.807) is 0 Å². The molecule has 1 unspecified atom stereocenters. The number of aliphatic hydroxyl groups is 1. The summed E-state index contributed by atoms with van der Waals surface area (Å²) in [5, 5.41) is 9.09. The summed E-state index contributed by atoms with van der Waals surface area (Å²) in [4.78, 5) is 0. The summed E-state index contributed by atoms with van der Waals surface area (Å²) in [6.45, 7) is 4.68. The average molecular weight is 240 g/mol. The molecule has 3 heteroatoms. The highest BCUT2D eigenvalue weighted by Gasteiger charge is 2.23. The summed E-state index contributed by atoms with van der Waals surface area (Å²) in [6.07, 6.45) is 1.10. The summed E-state index contributed by atoms with van der Waals surface area (Å²) >= 11 is 0. The number of halogens is 1. The molecule has 0 spiro atoms. The summed E-state index contributed by atoms with van der Waals surface area (Å²) in [6, 6.07) is 0.384. The number of hydrogen-bond acceptors (Lipinski definition) is 1. The summed E-state index contributed by atoms with van der Waals surface area (Å²) in [5.41, 5.74) is 0. The van der Waals surface area contributed by atoms with Gasteiger partial charge in [0.25, 0.3) is 0 Å². The highest BCUT2D eigenvalue weighted by Crippen LogP contribution is 2.12. The number of likely N-dealkylation sites (N-methyl/N-ethyl adjacent to an activating group) is 1. The fraction of sp³-hybridized carbons (Fsp3) is 1.00. The van der Waals surface area contributed by atoms with Gasteiger partial charge in [0, 0.05) is 6.42 Å². The Bertz CT molecular complexity index is 110. The summed E-state index contributed by atoms with van der Waals surface area (Å²) < 4.78 is 0.856. The molecule has 0 rings (SSSR count). The van der Waals surface area contributed by atoms with Crippen molar-refractivity contribution in [1.82, 2.24) is 0 Å². The van der Waals surface area contributed by atoms with Crippen LogP contribution < -0.4 is 17.0 Å². The van der Waals surface area contributed by atoms with Gasteiger partial charge in [-0.25, -0.2) is 0 Å². The molecule has 0 amide bonds. The zero-order chi connectivity index (χ0) is 9.07. The van der Waals surface area contributed by atoms with Crippen molar-refractivity contribution in [3.8, 4) is 0 Å². The van der Waals surface area contributed by atoms with Crippen LogP contribution in [-0.4, -0.2) is 43.4 Å². The smallest absolute Gasteiger partial charge is 0.112 e. The van der Waals surface area contributed by atoms with Crippen molar-refractivity contribution in [2.24, 2.45) is 5.92 Å². The number of aliphatic hydroxyl groups excluding tert-OH is 1. The first-order valence-electron chi connectivity index (χ1n) is 4.30. The van der Waals surface area contributed by atoms with Gasteiger partial charge in [-0.05, 0) is 5.92 Å². The van der Waals surface area contributed by atoms with Crippen molar-refractivity contribution in [3.05, 3.63) is 0 Å². The van der Waals surface area contributed by atoms with Gasteiger partial charge >= 0.3 is 0 Å². The summed E-state index contributed by atoms with van der Waals surface area (Å²) in [7, 11) is 6.38. The molecular formula is C9H22BrNO. The van der Waals surface area contributed by atoms with Gasteiger partial charge in [0.05, 0.1) is 27.7 Å². The number of nitrogens with zero attached hydrogens (tertiary/aromatic N) is 1. The third-order valence-corrected chi connectivity index (χ3v) is 2.05. The third-order valence-electron chi connectivity index (χ3n) is 2.05. The molecule has 1 atom stereocenters. The predicted molar refractivity (Wildman–Crippen MR) is 48.4 cm³/mol. The van der Waals surface area contributed by atoms with Crippen LogP contribution in [0.3, 0.4) is 0 Å². The van der Waals surface area contributed by atoms with E-state index in [2.05, 4.69) is 35.0 Å². The SMILES string of the molecule is CC(C)CC(CO)[N+](C)(C)C.[Br-]. The lowest BCUT2D eigenvalue weighted by Crippen LogP contribution is -3.00. The molecule has 0 aliphatic rings. The second-order valence-electron chi connectivity index (χ2n) is 4.58. The van der Waals surface area contributed by atoms with Crippen LogP contribution >= 0.6 is 0 Å². The normalized spacial score (nSPS) is 14.2. The standard InChI is InChI=1S/C9H22NO.BrH/c1-8(2)6-9(7-11)10(3,4)5;/h8-9,11H,6-7H2,1-5H3;1H/q+1;/p-1. The number of quaternary nitrogens is 1. The van der Waals surface area contributed by atoms with Gasteiger partial charge in [-0.3, -0.25) is 0 Å². The monoisotopic (exact) mass is 239 g/mol. The minimum absolute atomic E-state index is 0. The average Bonchev–Trinajstić information content (AvgIpc) is 1.79. The first kappa shape index (κ1) is 14.9. The first-order chi connectivity index (χ1) is 4.88. The Hall–Kier alpha value is 0.400. The van der Waals surface area contributed by atoms with E-state index >= 15 is 0 Å². The highest BCUT2D eigenvalue weighted by atomic mass is 79.9.